The summed E-state index contributed by atoms with van der Waals surface area (Å²) in [6, 6.07) is 0. The second-order valence-electron chi connectivity index (χ2n) is 4.31. The minimum absolute atomic E-state index is 0.0101. The molecule has 0 saturated carbocycles. The Balaban J connectivity index is 2.87. The van der Waals surface area contributed by atoms with Crippen molar-refractivity contribution in [3.8, 4) is 0 Å². The van der Waals surface area contributed by atoms with Gasteiger partial charge in [0.1, 0.15) is 0 Å². The monoisotopic (exact) mass is 206 g/mol. The first kappa shape index (κ1) is 11.9. The van der Waals surface area contributed by atoms with Gasteiger partial charge in [-0.1, -0.05) is 20.8 Å². The Bertz CT molecular complexity index is 332. The van der Waals surface area contributed by atoms with E-state index in [1.54, 1.807) is 0 Å². The van der Waals surface area contributed by atoms with Crippen molar-refractivity contribution in [2.75, 3.05) is 0 Å². The Morgan fingerprint density at radius 2 is 1.60 bits per heavy atom. The van der Waals surface area contributed by atoms with Crippen LogP contribution in [-0.4, -0.2) is 11.6 Å². The van der Waals surface area contributed by atoms with E-state index in [1.165, 1.54) is 12.2 Å². The van der Waals surface area contributed by atoms with Crippen molar-refractivity contribution < 1.29 is 9.59 Å². The molecule has 0 radical (unpaired) electrons. The average molecular weight is 206 g/mol. The molecule has 82 valence electrons. The standard InChI is InChI=1S/C13H18O2/c1-4-10-11(6-5-9(2)3)13(15)8-7-12(10)14/h7-9H,4-6H2,1-3H3. The lowest BCUT2D eigenvalue weighted by molar-refractivity contribution is -0.115. The fraction of sp³-hybridized carbons (Fsp3) is 0.538. The molecule has 0 aromatic heterocycles. The zero-order valence-electron chi connectivity index (χ0n) is 9.67. The van der Waals surface area contributed by atoms with Crippen molar-refractivity contribution in [2.24, 2.45) is 5.92 Å². The van der Waals surface area contributed by atoms with Crippen LogP contribution in [0.3, 0.4) is 0 Å². The van der Waals surface area contributed by atoms with Gasteiger partial charge >= 0.3 is 0 Å². The molecule has 2 heteroatoms. The van der Waals surface area contributed by atoms with E-state index >= 15 is 0 Å². The maximum Gasteiger partial charge on any atom is 0.182 e. The van der Waals surface area contributed by atoms with Gasteiger partial charge in [-0.15, -0.1) is 0 Å². The number of carbonyl (C=O) groups excluding carboxylic acids is 2. The zero-order chi connectivity index (χ0) is 11.4. The molecular formula is C13H18O2. The lowest BCUT2D eigenvalue weighted by Crippen LogP contribution is -2.14. The van der Waals surface area contributed by atoms with Crippen molar-refractivity contribution in [1.29, 1.82) is 0 Å². The summed E-state index contributed by atoms with van der Waals surface area (Å²) < 4.78 is 0. The number of rotatable bonds is 4. The second kappa shape index (κ2) is 5.06. The van der Waals surface area contributed by atoms with E-state index in [1.807, 2.05) is 6.92 Å². The number of hydrogen-bond donors (Lipinski definition) is 0. The van der Waals surface area contributed by atoms with E-state index in [-0.39, 0.29) is 11.6 Å². The molecule has 2 nitrogen and oxygen atoms in total. The quantitative estimate of drug-likeness (QED) is 0.663. The highest BCUT2D eigenvalue weighted by Crippen LogP contribution is 2.23. The maximum atomic E-state index is 11.6. The molecule has 0 fully saturated rings. The molecule has 0 atom stereocenters. The highest BCUT2D eigenvalue weighted by Gasteiger charge is 2.20. The molecule has 0 bridgehead atoms. The molecular weight excluding hydrogens is 188 g/mol. The summed E-state index contributed by atoms with van der Waals surface area (Å²) in [5, 5.41) is 0. The largest absolute Gasteiger partial charge is 0.290 e. The third kappa shape index (κ3) is 2.88. The SMILES string of the molecule is CCC1=C(CCC(C)C)C(=O)C=CC1=O. The summed E-state index contributed by atoms with van der Waals surface area (Å²) in [7, 11) is 0. The minimum atomic E-state index is 0.0101. The third-order valence-electron chi connectivity index (χ3n) is 2.67. The number of allylic oxidation sites excluding steroid dienone is 4. The van der Waals surface area contributed by atoms with Gasteiger partial charge in [-0.3, -0.25) is 9.59 Å². The Labute approximate surface area is 91.1 Å². The fourth-order valence-corrected chi connectivity index (χ4v) is 1.74. The molecule has 15 heavy (non-hydrogen) atoms. The Hall–Kier alpha value is -1.18. The van der Waals surface area contributed by atoms with Crippen LogP contribution in [0.15, 0.2) is 23.3 Å². The van der Waals surface area contributed by atoms with Crippen molar-refractivity contribution in [2.45, 2.75) is 40.0 Å². The van der Waals surface area contributed by atoms with Crippen LogP contribution < -0.4 is 0 Å². The van der Waals surface area contributed by atoms with Gasteiger partial charge in [0.05, 0.1) is 0 Å². The van der Waals surface area contributed by atoms with E-state index in [2.05, 4.69) is 13.8 Å². The normalized spacial score (nSPS) is 16.8. The van der Waals surface area contributed by atoms with Crippen LogP contribution in [0.1, 0.15) is 40.0 Å². The highest BCUT2D eigenvalue weighted by atomic mass is 16.1. The molecule has 1 aliphatic carbocycles. The van der Waals surface area contributed by atoms with E-state index in [0.717, 1.165) is 18.4 Å². The van der Waals surface area contributed by atoms with Crippen LogP contribution >= 0.6 is 0 Å². The van der Waals surface area contributed by atoms with Crippen LogP contribution in [0, 0.1) is 5.92 Å². The molecule has 0 spiro atoms. The predicted octanol–water partition coefficient (Wildman–Crippen LogP) is 2.84. The summed E-state index contributed by atoms with van der Waals surface area (Å²) in [5.41, 5.74) is 1.45. The van der Waals surface area contributed by atoms with Crippen molar-refractivity contribution >= 4 is 11.6 Å². The van der Waals surface area contributed by atoms with Crippen LogP contribution in [0.25, 0.3) is 0 Å². The molecule has 0 heterocycles. The number of hydrogen-bond acceptors (Lipinski definition) is 2. The maximum absolute atomic E-state index is 11.6. The lowest BCUT2D eigenvalue weighted by Gasteiger charge is -2.14. The Kier molecular flexibility index (Phi) is 4.01. The smallest absolute Gasteiger partial charge is 0.182 e. The van der Waals surface area contributed by atoms with E-state index in [4.69, 9.17) is 0 Å². The topological polar surface area (TPSA) is 34.1 Å². The summed E-state index contributed by atoms with van der Waals surface area (Å²) >= 11 is 0. The number of ketones is 2. The fourth-order valence-electron chi connectivity index (χ4n) is 1.74. The molecule has 0 aliphatic heterocycles. The summed E-state index contributed by atoms with van der Waals surface area (Å²) in [6.07, 6.45) is 5.14. The highest BCUT2D eigenvalue weighted by molar-refractivity contribution is 6.20. The molecule has 0 unspecified atom stereocenters. The lowest BCUT2D eigenvalue weighted by atomic mass is 9.88. The first-order chi connectivity index (χ1) is 7.06. The molecule has 1 rings (SSSR count). The molecule has 1 aliphatic rings. The van der Waals surface area contributed by atoms with Gasteiger partial charge < -0.3 is 0 Å². The first-order valence-corrected chi connectivity index (χ1v) is 5.55. The summed E-state index contributed by atoms with van der Waals surface area (Å²) in [6.45, 7) is 6.17. The van der Waals surface area contributed by atoms with E-state index in [0.29, 0.717) is 17.9 Å². The van der Waals surface area contributed by atoms with Crippen LogP contribution in [0.4, 0.5) is 0 Å². The van der Waals surface area contributed by atoms with Gasteiger partial charge in [0.15, 0.2) is 11.6 Å². The molecule has 0 N–H and O–H groups in total. The molecule has 0 aromatic carbocycles. The van der Waals surface area contributed by atoms with Crippen LogP contribution in [0.2, 0.25) is 0 Å². The van der Waals surface area contributed by atoms with Gasteiger partial charge in [0.2, 0.25) is 0 Å². The molecule has 0 aromatic rings. The second-order valence-corrected chi connectivity index (χ2v) is 4.31. The van der Waals surface area contributed by atoms with E-state index < -0.39 is 0 Å². The number of carbonyl (C=O) groups is 2. The van der Waals surface area contributed by atoms with E-state index in [9.17, 15) is 9.59 Å². The minimum Gasteiger partial charge on any atom is -0.290 e. The Morgan fingerprint density at radius 1 is 1.07 bits per heavy atom. The Morgan fingerprint density at radius 3 is 2.07 bits per heavy atom. The van der Waals surface area contributed by atoms with Gasteiger partial charge in [0, 0.05) is 11.1 Å². The zero-order valence-corrected chi connectivity index (χ0v) is 9.67. The summed E-state index contributed by atoms with van der Waals surface area (Å²) in [4.78, 5) is 23.2. The summed E-state index contributed by atoms with van der Waals surface area (Å²) in [5.74, 6) is 0.590. The predicted molar refractivity (Wildman–Crippen MR) is 60.5 cm³/mol. The van der Waals surface area contributed by atoms with Gasteiger partial charge in [-0.25, -0.2) is 0 Å². The molecule has 0 amide bonds. The van der Waals surface area contributed by atoms with Gasteiger partial charge in [0.25, 0.3) is 0 Å². The van der Waals surface area contributed by atoms with Gasteiger partial charge in [-0.05, 0) is 37.3 Å². The van der Waals surface area contributed by atoms with Crippen molar-refractivity contribution in [3.63, 3.8) is 0 Å². The van der Waals surface area contributed by atoms with Gasteiger partial charge in [-0.2, -0.15) is 0 Å². The third-order valence-corrected chi connectivity index (χ3v) is 2.67. The average Bonchev–Trinajstić information content (AvgIpc) is 2.19. The molecule has 0 saturated heterocycles. The van der Waals surface area contributed by atoms with Crippen molar-refractivity contribution in [3.05, 3.63) is 23.3 Å². The van der Waals surface area contributed by atoms with Crippen LogP contribution in [-0.2, 0) is 9.59 Å². The first-order valence-electron chi connectivity index (χ1n) is 5.55. The van der Waals surface area contributed by atoms with Crippen LogP contribution in [0.5, 0.6) is 0 Å². The van der Waals surface area contributed by atoms with Crippen molar-refractivity contribution in [1.82, 2.24) is 0 Å².